The molecule has 1 rings (SSSR count). The van der Waals surface area contributed by atoms with Crippen molar-refractivity contribution in [2.75, 3.05) is 32.5 Å². The van der Waals surface area contributed by atoms with E-state index < -0.39 is 12.5 Å². The highest BCUT2D eigenvalue weighted by Gasteiger charge is 2.13. The molecule has 0 amide bonds. The smallest absolute Gasteiger partial charge is 0.251 e. The van der Waals surface area contributed by atoms with Gasteiger partial charge in [0.25, 0.3) is 6.43 Å². The first kappa shape index (κ1) is 14.7. The summed E-state index contributed by atoms with van der Waals surface area (Å²) in [5.74, 6) is 0.547. The van der Waals surface area contributed by atoms with Crippen molar-refractivity contribution in [1.29, 1.82) is 0 Å². The fourth-order valence-electron chi connectivity index (χ4n) is 1.52. The highest BCUT2D eigenvalue weighted by Crippen LogP contribution is 2.14. The quantitative estimate of drug-likeness (QED) is 0.723. The summed E-state index contributed by atoms with van der Waals surface area (Å²) in [6, 6.07) is 6.81. The van der Waals surface area contributed by atoms with Gasteiger partial charge in [-0.15, -0.1) is 0 Å². The van der Waals surface area contributed by atoms with Crippen molar-refractivity contribution in [2.45, 2.75) is 12.5 Å². The van der Waals surface area contributed by atoms with Crippen LogP contribution in [0.2, 0.25) is 0 Å². The Morgan fingerprint density at radius 2 is 2.11 bits per heavy atom. The molecule has 102 valence electrons. The summed E-state index contributed by atoms with van der Waals surface area (Å²) in [5.41, 5.74) is 6.13. The largest absolute Gasteiger partial charge is 0.491 e. The van der Waals surface area contributed by atoms with Gasteiger partial charge in [-0.25, -0.2) is 8.78 Å². The molecule has 0 heterocycles. The Hall–Kier alpha value is -1.40. The van der Waals surface area contributed by atoms with Crippen LogP contribution in [0.3, 0.4) is 0 Å². The van der Waals surface area contributed by atoms with E-state index in [1.54, 1.807) is 24.3 Å². The molecule has 0 radical (unpaired) electrons. The van der Waals surface area contributed by atoms with Gasteiger partial charge in [-0.2, -0.15) is 0 Å². The van der Waals surface area contributed by atoms with E-state index in [0.717, 1.165) is 0 Å². The number of ether oxygens (including phenoxy) is 1. The summed E-state index contributed by atoms with van der Waals surface area (Å²) in [6.07, 6.45) is -3.23. The third kappa shape index (κ3) is 5.79. The zero-order chi connectivity index (χ0) is 13.5. The van der Waals surface area contributed by atoms with Gasteiger partial charge in [0.2, 0.25) is 0 Å². The average molecular weight is 260 g/mol. The molecule has 6 heteroatoms. The van der Waals surface area contributed by atoms with Crippen LogP contribution in [0.25, 0.3) is 0 Å². The first-order valence-corrected chi connectivity index (χ1v) is 5.60. The van der Waals surface area contributed by atoms with Gasteiger partial charge in [0, 0.05) is 18.3 Å². The molecule has 1 unspecified atom stereocenters. The molecule has 0 spiro atoms. The standard InChI is InChI=1S/C12H18F2N2O2/c1-16(7-12(13)14)6-10(17)8-18-11-4-2-3-9(15)5-11/h2-5,10,12,17H,6-8,15H2,1H3. The van der Waals surface area contributed by atoms with Gasteiger partial charge < -0.3 is 15.6 Å². The molecule has 18 heavy (non-hydrogen) atoms. The minimum Gasteiger partial charge on any atom is -0.491 e. The molecule has 0 fully saturated rings. The lowest BCUT2D eigenvalue weighted by molar-refractivity contribution is 0.0473. The SMILES string of the molecule is CN(CC(F)F)CC(O)COc1cccc(N)c1. The number of hydrogen-bond acceptors (Lipinski definition) is 4. The van der Waals surface area contributed by atoms with Crippen LogP contribution in [0.4, 0.5) is 14.5 Å². The number of nitrogens with two attached hydrogens (primary N) is 1. The summed E-state index contributed by atoms with van der Waals surface area (Å²) in [5, 5.41) is 9.62. The van der Waals surface area contributed by atoms with Crippen LogP contribution in [0.15, 0.2) is 24.3 Å². The van der Waals surface area contributed by atoms with E-state index in [9.17, 15) is 13.9 Å². The number of nitrogen functional groups attached to an aromatic ring is 1. The lowest BCUT2D eigenvalue weighted by Gasteiger charge is -2.20. The van der Waals surface area contributed by atoms with E-state index in [2.05, 4.69) is 0 Å². The fourth-order valence-corrected chi connectivity index (χ4v) is 1.52. The fraction of sp³-hybridized carbons (Fsp3) is 0.500. The first-order valence-electron chi connectivity index (χ1n) is 5.60. The molecule has 0 saturated carbocycles. The van der Waals surface area contributed by atoms with Crippen molar-refractivity contribution in [2.24, 2.45) is 0 Å². The number of nitrogens with zero attached hydrogens (tertiary/aromatic N) is 1. The molecule has 3 N–H and O–H groups in total. The van der Waals surface area contributed by atoms with E-state index in [1.807, 2.05) is 0 Å². The molecule has 1 aromatic rings. The number of rotatable bonds is 7. The van der Waals surface area contributed by atoms with Gasteiger partial charge in [0.05, 0.1) is 6.54 Å². The van der Waals surface area contributed by atoms with Gasteiger partial charge in [-0.1, -0.05) is 6.07 Å². The minimum atomic E-state index is -2.41. The van der Waals surface area contributed by atoms with Crippen molar-refractivity contribution in [3.05, 3.63) is 24.3 Å². The van der Waals surface area contributed by atoms with Gasteiger partial charge in [0.15, 0.2) is 0 Å². The Morgan fingerprint density at radius 1 is 1.39 bits per heavy atom. The lowest BCUT2D eigenvalue weighted by Crippen LogP contribution is -2.35. The molecule has 1 atom stereocenters. The maximum Gasteiger partial charge on any atom is 0.251 e. The summed E-state index contributed by atoms with van der Waals surface area (Å²) in [4.78, 5) is 1.36. The molecule has 1 aromatic carbocycles. The number of anilines is 1. The van der Waals surface area contributed by atoms with Crippen molar-refractivity contribution < 1.29 is 18.6 Å². The highest BCUT2D eigenvalue weighted by molar-refractivity contribution is 5.43. The molecule has 4 nitrogen and oxygen atoms in total. The van der Waals surface area contributed by atoms with Crippen LogP contribution in [-0.2, 0) is 0 Å². The van der Waals surface area contributed by atoms with Crippen molar-refractivity contribution in [1.82, 2.24) is 4.90 Å². The molecule has 0 aliphatic carbocycles. The van der Waals surface area contributed by atoms with Gasteiger partial charge in [-0.3, -0.25) is 4.90 Å². The van der Waals surface area contributed by atoms with Gasteiger partial charge in [-0.05, 0) is 19.2 Å². The molecular formula is C12H18F2N2O2. The van der Waals surface area contributed by atoms with Crippen LogP contribution < -0.4 is 10.5 Å². The van der Waals surface area contributed by atoms with Crippen molar-refractivity contribution in [3.8, 4) is 5.75 Å². The third-order valence-electron chi connectivity index (χ3n) is 2.27. The number of halogens is 2. The molecule has 0 aliphatic heterocycles. The predicted molar refractivity (Wildman–Crippen MR) is 65.9 cm³/mol. The monoisotopic (exact) mass is 260 g/mol. The molecule has 0 saturated heterocycles. The Morgan fingerprint density at radius 3 is 2.72 bits per heavy atom. The number of aliphatic hydroxyl groups is 1. The summed E-state index contributed by atoms with van der Waals surface area (Å²) >= 11 is 0. The van der Waals surface area contributed by atoms with E-state index in [1.165, 1.54) is 11.9 Å². The lowest BCUT2D eigenvalue weighted by atomic mass is 10.3. The van der Waals surface area contributed by atoms with Crippen LogP contribution in [0.5, 0.6) is 5.75 Å². The number of likely N-dealkylation sites (N-methyl/N-ethyl adjacent to an activating group) is 1. The zero-order valence-corrected chi connectivity index (χ0v) is 10.2. The highest BCUT2D eigenvalue weighted by atomic mass is 19.3. The van der Waals surface area contributed by atoms with E-state index >= 15 is 0 Å². The maximum atomic E-state index is 12.1. The van der Waals surface area contributed by atoms with E-state index in [0.29, 0.717) is 11.4 Å². The summed E-state index contributed by atoms with van der Waals surface area (Å²) in [6.45, 7) is -0.195. The Balaban J connectivity index is 2.30. The summed E-state index contributed by atoms with van der Waals surface area (Å²) in [7, 11) is 1.52. The Kier molecular flexibility index (Phi) is 5.80. The zero-order valence-electron chi connectivity index (χ0n) is 10.2. The van der Waals surface area contributed by atoms with Crippen LogP contribution in [0.1, 0.15) is 0 Å². The molecule has 0 aliphatic rings. The minimum absolute atomic E-state index is 0.0387. The third-order valence-corrected chi connectivity index (χ3v) is 2.27. The maximum absolute atomic E-state index is 12.1. The second-order valence-electron chi connectivity index (χ2n) is 4.15. The van der Waals surface area contributed by atoms with E-state index in [-0.39, 0.29) is 19.7 Å². The Bertz CT molecular complexity index is 364. The van der Waals surface area contributed by atoms with Gasteiger partial charge >= 0.3 is 0 Å². The topological polar surface area (TPSA) is 58.7 Å². The van der Waals surface area contributed by atoms with Crippen molar-refractivity contribution >= 4 is 5.69 Å². The predicted octanol–water partition coefficient (Wildman–Crippen LogP) is 1.21. The number of hydrogen-bond donors (Lipinski definition) is 2. The van der Waals surface area contributed by atoms with E-state index in [4.69, 9.17) is 10.5 Å². The number of benzene rings is 1. The summed E-state index contributed by atoms with van der Waals surface area (Å²) < 4.78 is 29.4. The van der Waals surface area contributed by atoms with Crippen molar-refractivity contribution in [3.63, 3.8) is 0 Å². The van der Waals surface area contributed by atoms with Crippen LogP contribution >= 0.6 is 0 Å². The van der Waals surface area contributed by atoms with Crippen LogP contribution in [0, 0.1) is 0 Å². The Labute approximate surface area is 105 Å². The number of aliphatic hydroxyl groups excluding tert-OH is 1. The second-order valence-corrected chi connectivity index (χ2v) is 4.15. The second kappa shape index (κ2) is 7.13. The molecule has 0 aromatic heterocycles. The molecule has 0 bridgehead atoms. The average Bonchev–Trinajstić information content (AvgIpc) is 2.25. The molecular weight excluding hydrogens is 242 g/mol. The van der Waals surface area contributed by atoms with Crippen LogP contribution in [-0.4, -0.2) is 49.3 Å². The number of alkyl halides is 2. The normalized spacial score (nSPS) is 13.0. The first-order chi connectivity index (χ1) is 8.47. The van der Waals surface area contributed by atoms with Gasteiger partial charge in [0.1, 0.15) is 18.5 Å².